The Bertz CT molecular complexity index is 2270. The molecule has 230 valence electrons. The van der Waals surface area contributed by atoms with Gasteiger partial charge in [0.15, 0.2) is 0 Å². The Balaban J connectivity index is 0.000000491. The van der Waals surface area contributed by atoms with E-state index in [-0.39, 0.29) is 5.84 Å². The minimum absolute atomic E-state index is 0.0789. The Labute approximate surface area is 275 Å². The lowest BCUT2D eigenvalue weighted by molar-refractivity contribution is 1.22. The van der Waals surface area contributed by atoms with E-state index in [9.17, 15) is 0 Å². The molecule has 0 saturated carbocycles. The molecule has 5 heteroatoms. The molecule has 0 saturated heterocycles. The van der Waals surface area contributed by atoms with Crippen molar-refractivity contribution in [1.82, 2.24) is 4.57 Å². The number of nitrogens with one attached hydrogen (secondary N) is 1. The summed E-state index contributed by atoms with van der Waals surface area (Å²) in [6, 6.07) is 49.3. The highest BCUT2D eigenvalue weighted by molar-refractivity contribution is 6.22. The van der Waals surface area contributed by atoms with Crippen LogP contribution in [0.1, 0.15) is 18.1 Å². The lowest BCUT2D eigenvalue weighted by Crippen LogP contribution is -2.16. The van der Waals surface area contributed by atoms with Crippen LogP contribution in [0.15, 0.2) is 168 Å². The van der Waals surface area contributed by atoms with E-state index in [1.54, 1.807) is 6.20 Å². The number of amidine groups is 2. The zero-order chi connectivity index (χ0) is 32.8. The molecule has 7 rings (SSSR count). The topological polar surface area (TPSA) is 93.2 Å². The van der Waals surface area contributed by atoms with Gasteiger partial charge in [-0.1, -0.05) is 139 Å². The Morgan fingerprint density at radius 2 is 1.26 bits per heavy atom. The molecule has 0 aliphatic rings. The number of para-hydroxylation sites is 1. The van der Waals surface area contributed by atoms with Gasteiger partial charge < -0.3 is 16.0 Å². The fraction of sp³-hybridized carbons (Fsp3) is 0.0476. The minimum Gasteiger partial charge on any atom is -0.403 e. The summed E-state index contributed by atoms with van der Waals surface area (Å²) in [6.45, 7) is 3.93. The van der Waals surface area contributed by atoms with E-state index in [0.717, 1.165) is 38.8 Å². The lowest BCUT2D eigenvalue weighted by Gasteiger charge is -2.11. The summed E-state index contributed by atoms with van der Waals surface area (Å²) in [5.74, 6) is 0.370. The molecule has 0 amide bonds. The van der Waals surface area contributed by atoms with E-state index in [2.05, 4.69) is 95.3 Å². The van der Waals surface area contributed by atoms with Crippen LogP contribution in [0.5, 0.6) is 0 Å². The van der Waals surface area contributed by atoms with Crippen molar-refractivity contribution < 1.29 is 0 Å². The third-order valence-corrected chi connectivity index (χ3v) is 8.19. The Morgan fingerprint density at radius 1 is 0.660 bits per heavy atom. The van der Waals surface area contributed by atoms with E-state index in [1.807, 2.05) is 79.7 Å². The van der Waals surface area contributed by atoms with Crippen molar-refractivity contribution in [1.29, 1.82) is 5.41 Å². The molecule has 1 aromatic heterocycles. The molecule has 5 nitrogen and oxygen atoms in total. The molecule has 5 N–H and O–H groups in total. The molecule has 0 radical (unpaired) electrons. The molecule has 0 aliphatic carbocycles. The smallest absolute Gasteiger partial charge is 0.149 e. The molecule has 7 aromatic rings. The average molecular weight is 612 g/mol. The van der Waals surface area contributed by atoms with E-state index in [4.69, 9.17) is 16.9 Å². The summed E-state index contributed by atoms with van der Waals surface area (Å²) >= 11 is 0. The SMILES string of the molecule is C/C(=C\C(=C/N)n1c2ccccc2c2c3ccccc3ccc21)C(=N)N=C(N)c1ccc(-c2ccccc2)cc1.Cc1ccccc1. The number of hydrogen-bond donors (Lipinski definition) is 3. The monoisotopic (exact) mass is 611 g/mol. The van der Waals surface area contributed by atoms with E-state index in [0.29, 0.717) is 11.4 Å². The predicted molar refractivity (Wildman–Crippen MR) is 201 cm³/mol. The van der Waals surface area contributed by atoms with Crippen LogP contribution < -0.4 is 11.5 Å². The van der Waals surface area contributed by atoms with Crippen LogP contribution in [0.2, 0.25) is 0 Å². The number of aryl methyl sites for hydroxylation is 1. The highest BCUT2D eigenvalue weighted by atomic mass is 15.0. The molecule has 0 spiro atoms. The van der Waals surface area contributed by atoms with E-state index in [1.165, 1.54) is 21.7 Å². The highest BCUT2D eigenvalue weighted by Crippen LogP contribution is 2.36. The maximum atomic E-state index is 8.67. The van der Waals surface area contributed by atoms with Crippen molar-refractivity contribution in [3.05, 3.63) is 175 Å². The van der Waals surface area contributed by atoms with Gasteiger partial charge in [-0.25, -0.2) is 4.99 Å². The van der Waals surface area contributed by atoms with Gasteiger partial charge in [-0.05, 0) is 59.5 Å². The van der Waals surface area contributed by atoms with Gasteiger partial charge in [-0.15, -0.1) is 0 Å². The first kappa shape index (κ1) is 30.8. The van der Waals surface area contributed by atoms with Crippen LogP contribution in [-0.4, -0.2) is 16.2 Å². The van der Waals surface area contributed by atoms with Crippen molar-refractivity contribution in [2.75, 3.05) is 0 Å². The summed E-state index contributed by atoms with van der Waals surface area (Å²) in [4.78, 5) is 4.42. The maximum Gasteiger partial charge on any atom is 0.149 e. The number of nitrogens with two attached hydrogens (primary N) is 2. The second-order valence-electron chi connectivity index (χ2n) is 11.4. The van der Waals surface area contributed by atoms with Gasteiger partial charge in [0.25, 0.3) is 0 Å². The molecule has 0 unspecified atom stereocenters. The number of aromatic nitrogens is 1. The summed E-state index contributed by atoms with van der Waals surface area (Å²) in [5.41, 5.74) is 20.3. The predicted octanol–water partition coefficient (Wildman–Crippen LogP) is 9.70. The summed E-state index contributed by atoms with van der Waals surface area (Å²) in [7, 11) is 0. The van der Waals surface area contributed by atoms with Crippen LogP contribution in [0.4, 0.5) is 0 Å². The molecule has 6 aromatic carbocycles. The molecule has 0 fully saturated rings. The minimum atomic E-state index is 0.0789. The maximum absolute atomic E-state index is 8.67. The molecule has 47 heavy (non-hydrogen) atoms. The zero-order valence-electron chi connectivity index (χ0n) is 26.6. The van der Waals surface area contributed by atoms with Gasteiger partial charge >= 0.3 is 0 Å². The van der Waals surface area contributed by atoms with Crippen molar-refractivity contribution in [3.63, 3.8) is 0 Å². The van der Waals surface area contributed by atoms with Gasteiger partial charge in [0.05, 0.1) is 16.7 Å². The molecule has 0 aliphatic heterocycles. The van der Waals surface area contributed by atoms with Crippen LogP contribution in [0.25, 0.3) is 49.4 Å². The number of hydrogen-bond acceptors (Lipinski definition) is 2. The summed E-state index contributed by atoms with van der Waals surface area (Å²) in [6.07, 6.45) is 3.46. The molecular formula is C42H37N5. The lowest BCUT2D eigenvalue weighted by atomic mass is 10.0. The Kier molecular flexibility index (Phi) is 9.07. The number of aliphatic imine (C=N–C) groups is 1. The third kappa shape index (κ3) is 6.60. The zero-order valence-corrected chi connectivity index (χ0v) is 26.6. The molecule has 0 bridgehead atoms. The number of benzene rings is 6. The second kappa shape index (κ2) is 13.8. The van der Waals surface area contributed by atoms with Crippen molar-refractivity contribution in [2.24, 2.45) is 16.5 Å². The first-order chi connectivity index (χ1) is 22.9. The van der Waals surface area contributed by atoms with Gasteiger partial charge in [0, 0.05) is 22.5 Å². The van der Waals surface area contributed by atoms with E-state index < -0.39 is 0 Å². The molecule has 1 heterocycles. The van der Waals surface area contributed by atoms with Gasteiger partial charge in [-0.3, -0.25) is 5.41 Å². The standard InChI is InChI=1S/C35H29N5.C7H8/c1-23(34(37)39-35(38)27-17-15-25(16-18-27)24-9-3-2-4-10-24)21-28(22-36)40-31-14-8-7-13-30(31)33-29-12-6-5-11-26(29)19-20-32(33)40;1-7-5-3-2-4-6-7/h2-22H,36H2,1H3,(H3,37,38,39);2-6H,1H3/b23-21+,28-22+;. The van der Waals surface area contributed by atoms with Gasteiger partial charge in [-0.2, -0.15) is 0 Å². The number of nitrogens with zero attached hydrogens (tertiary/aromatic N) is 2. The number of fused-ring (bicyclic) bond motifs is 5. The van der Waals surface area contributed by atoms with E-state index >= 15 is 0 Å². The fourth-order valence-corrected chi connectivity index (χ4v) is 5.77. The Morgan fingerprint density at radius 3 is 1.91 bits per heavy atom. The Hall–Kier alpha value is -6.20. The first-order valence-electron chi connectivity index (χ1n) is 15.6. The molecule has 0 atom stereocenters. The number of allylic oxidation sites excluding steroid dienone is 2. The quantitative estimate of drug-likeness (QED) is 0.103. The van der Waals surface area contributed by atoms with Crippen molar-refractivity contribution >= 4 is 49.9 Å². The summed E-state index contributed by atoms with van der Waals surface area (Å²) in [5, 5.41) is 13.4. The van der Waals surface area contributed by atoms with Crippen molar-refractivity contribution in [2.45, 2.75) is 13.8 Å². The van der Waals surface area contributed by atoms with Crippen LogP contribution >= 0.6 is 0 Å². The van der Waals surface area contributed by atoms with Gasteiger partial charge in [0.1, 0.15) is 11.7 Å². The average Bonchev–Trinajstić information content (AvgIpc) is 3.46. The van der Waals surface area contributed by atoms with Crippen molar-refractivity contribution in [3.8, 4) is 11.1 Å². The van der Waals surface area contributed by atoms with Gasteiger partial charge in [0.2, 0.25) is 0 Å². The fourth-order valence-electron chi connectivity index (χ4n) is 5.77. The van der Waals surface area contributed by atoms with Crippen LogP contribution in [0, 0.1) is 12.3 Å². The third-order valence-electron chi connectivity index (χ3n) is 8.19. The summed E-state index contributed by atoms with van der Waals surface area (Å²) < 4.78 is 2.14. The largest absolute Gasteiger partial charge is 0.403 e. The highest BCUT2D eigenvalue weighted by Gasteiger charge is 2.15. The number of rotatable bonds is 5. The second-order valence-corrected chi connectivity index (χ2v) is 11.4. The first-order valence-corrected chi connectivity index (χ1v) is 15.6. The van der Waals surface area contributed by atoms with Crippen LogP contribution in [-0.2, 0) is 0 Å². The van der Waals surface area contributed by atoms with Crippen LogP contribution in [0.3, 0.4) is 0 Å². The molecular weight excluding hydrogens is 574 g/mol. The normalized spacial score (nSPS) is 12.3.